The molecule has 0 radical (unpaired) electrons. The van der Waals surface area contributed by atoms with Crippen LogP contribution in [0.15, 0.2) is 0 Å². The highest BCUT2D eigenvalue weighted by atomic mass is 32.2. The monoisotopic (exact) mass is 144 g/mol. The van der Waals surface area contributed by atoms with Gasteiger partial charge in [0.2, 0.25) is 0 Å². The van der Waals surface area contributed by atoms with Crippen molar-refractivity contribution in [2.45, 2.75) is 38.4 Å². The molecule has 0 N–H and O–H groups in total. The Hall–Kier alpha value is 0.350. The number of thioether (sulfide) groups is 1. The van der Waals surface area contributed by atoms with E-state index in [0.717, 1.165) is 11.2 Å². The van der Waals surface area contributed by atoms with Crippen LogP contribution < -0.4 is 0 Å². The molecule has 0 unspecified atom stereocenters. The predicted octanol–water partition coefficient (Wildman–Crippen LogP) is 2.93. The van der Waals surface area contributed by atoms with E-state index in [9.17, 15) is 0 Å². The van der Waals surface area contributed by atoms with Gasteiger partial charge in [-0.1, -0.05) is 26.7 Å². The van der Waals surface area contributed by atoms with Crippen molar-refractivity contribution in [3.63, 3.8) is 0 Å². The van der Waals surface area contributed by atoms with Crippen molar-refractivity contribution in [1.29, 1.82) is 0 Å². The highest BCUT2D eigenvalue weighted by Gasteiger charge is 2.20. The summed E-state index contributed by atoms with van der Waals surface area (Å²) in [6.45, 7) is 4.55. The maximum atomic E-state index is 2.28. The molecular formula is C8H16S. The summed E-state index contributed by atoms with van der Waals surface area (Å²) in [5.41, 5.74) is 0. The first-order valence-electron chi connectivity index (χ1n) is 3.90. The van der Waals surface area contributed by atoms with Gasteiger partial charge in [-0.2, -0.15) is 11.8 Å². The molecule has 0 atom stereocenters. The van der Waals surface area contributed by atoms with Gasteiger partial charge in [0, 0.05) is 0 Å². The predicted molar refractivity (Wildman–Crippen MR) is 44.9 cm³/mol. The van der Waals surface area contributed by atoms with Crippen LogP contribution in [0.25, 0.3) is 0 Å². The molecule has 0 aromatic carbocycles. The first kappa shape index (κ1) is 7.46. The van der Waals surface area contributed by atoms with Crippen LogP contribution in [0.3, 0.4) is 0 Å². The van der Waals surface area contributed by atoms with Gasteiger partial charge in [0.15, 0.2) is 0 Å². The lowest BCUT2D eigenvalue weighted by Crippen LogP contribution is -1.89. The third-order valence-corrected chi connectivity index (χ3v) is 2.81. The third kappa shape index (κ3) is 3.85. The van der Waals surface area contributed by atoms with E-state index in [0.29, 0.717) is 0 Å². The molecule has 0 saturated heterocycles. The fourth-order valence-electron chi connectivity index (χ4n) is 0.877. The molecule has 0 spiro atoms. The second-order valence-corrected chi connectivity index (χ2v) is 4.84. The Morgan fingerprint density at radius 2 is 2.11 bits per heavy atom. The minimum Gasteiger partial charge on any atom is -0.159 e. The Morgan fingerprint density at radius 3 is 2.56 bits per heavy atom. The van der Waals surface area contributed by atoms with Crippen molar-refractivity contribution in [2.24, 2.45) is 5.92 Å². The van der Waals surface area contributed by atoms with E-state index in [2.05, 4.69) is 25.6 Å². The summed E-state index contributed by atoms with van der Waals surface area (Å²) in [6, 6.07) is 0. The molecule has 1 aliphatic carbocycles. The van der Waals surface area contributed by atoms with Gasteiger partial charge in [-0.25, -0.2) is 0 Å². The van der Waals surface area contributed by atoms with Crippen LogP contribution in [0.1, 0.15) is 33.1 Å². The van der Waals surface area contributed by atoms with Crippen molar-refractivity contribution in [1.82, 2.24) is 0 Å². The van der Waals surface area contributed by atoms with Crippen LogP contribution in [0.5, 0.6) is 0 Å². The van der Waals surface area contributed by atoms with E-state index in [4.69, 9.17) is 0 Å². The summed E-state index contributed by atoms with van der Waals surface area (Å²) in [5, 5.41) is 0.837. The van der Waals surface area contributed by atoms with Crippen LogP contribution in [0.2, 0.25) is 0 Å². The summed E-state index contributed by atoms with van der Waals surface area (Å²) in [4.78, 5) is 0. The third-order valence-electron chi connectivity index (χ3n) is 1.67. The van der Waals surface area contributed by atoms with Crippen molar-refractivity contribution in [3.8, 4) is 0 Å². The molecule has 1 rings (SSSR count). The fraction of sp³-hybridized carbons (Fsp3) is 1.00. The van der Waals surface area contributed by atoms with Gasteiger partial charge < -0.3 is 0 Å². The van der Waals surface area contributed by atoms with Gasteiger partial charge in [-0.05, 0) is 23.3 Å². The molecule has 54 valence electrons. The van der Waals surface area contributed by atoms with Crippen molar-refractivity contribution < 1.29 is 0 Å². The molecule has 1 saturated carbocycles. The van der Waals surface area contributed by atoms with Crippen LogP contribution in [0, 0.1) is 5.92 Å². The van der Waals surface area contributed by atoms with E-state index in [-0.39, 0.29) is 0 Å². The van der Waals surface area contributed by atoms with Crippen LogP contribution in [-0.4, -0.2) is 11.0 Å². The normalized spacial score (nSPS) is 19.0. The lowest BCUT2D eigenvalue weighted by Gasteiger charge is -2.01. The second-order valence-electron chi connectivity index (χ2n) is 3.15. The molecule has 1 heteroatoms. The van der Waals surface area contributed by atoms with Gasteiger partial charge in [-0.3, -0.25) is 0 Å². The zero-order valence-corrected chi connectivity index (χ0v) is 7.21. The van der Waals surface area contributed by atoms with Crippen LogP contribution in [0.4, 0.5) is 0 Å². The van der Waals surface area contributed by atoms with Gasteiger partial charge in [0.25, 0.3) is 0 Å². The summed E-state index contributed by atoms with van der Waals surface area (Å²) in [7, 11) is 0. The molecule has 0 amide bonds. The van der Waals surface area contributed by atoms with E-state index in [1.165, 1.54) is 25.0 Å². The average Bonchev–Trinajstić information content (AvgIpc) is 2.48. The molecule has 9 heavy (non-hydrogen) atoms. The zero-order valence-electron chi connectivity index (χ0n) is 6.39. The van der Waals surface area contributed by atoms with Gasteiger partial charge >= 0.3 is 0 Å². The lowest BCUT2D eigenvalue weighted by atomic mass is 10.3. The van der Waals surface area contributed by atoms with Crippen molar-refractivity contribution >= 4 is 11.8 Å². The van der Waals surface area contributed by atoms with Gasteiger partial charge in [-0.15, -0.1) is 0 Å². The summed E-state index contributed by atoms with van der Waals surface area (Å²) < 4.78 is 0. The molecule has 0 heterocycles. The second kappa shape index (κ2) is 3.50. The summed E-state index contributed by atoms with van der Waals surface area (Å²) >= 11 is 2.10. The Kier molecular flexibility index (Phi) is 2.90. The first-order chi connectivity index (χ1) is 4.29. The lowest BCUT2D eigenvalue weighted by molar-refractivity contribution is 0.807. The van der Waals surface area contributed by atoms with E-state index in [1.54, 1.807) is 0 Å². The summed E-state index contributed by atoms with van der Waals surface area (Å²) in [5.74, 6) is 2.51. The number of hydrogen-bond acceptors (Lipinski definition) is 1. The molecule has 0 aromatic heterocycles. The van der Waals surface area contributed by atoms with Crippen LogP contribution >= 0.6 is 11.8 Å². The van der Waals surface area contributed by atoms with Crippen molar-refractivity contribution in [2.75, 3.05) is 5.75 Å². The van der Waals surface area contributed by atoms with E-state index >= 15 is 0 Å². The zero-order chi connectivity index (χ0) is 6.69. The molecule has 1 fully saturated rings. The minimum atomic E-state index is 0.837. The smallest absolute Gasteiger partial charge is 0.000968 e. The molecule has 1 aliphatic rings. The maximum Gasteiger partial charge on any atom is -0.000968 e. The van der Waals surface area contributed by atoms with Crippen LogP contribution in [-0.2, 0) is 0 Å². The topological polar surface area (TPSA) is 0 Å². The first-order valence-corrected chi connectivity index (χ1v) is 4.95. The Morgan fingerprint density at radius 1 is 1.44 bits per heavy atom. The highest BCUT2D eigenvalue weighted by molar-refractivity contribution is 7.99. The molecule has 0 bridgehead atoms. The molecule has 0 aliphatic heterocycles. The Balaban J connectivity index is 1.81. The minimum absolute atomic E-state index is 0.837. The standard InChI is InChI=1S/C8H16S/c1-7(2)9-6-5-8-3-4-8/h7-8H,3-6H2,1-2H3. The summed E-state index contributed by atoms with van der Waals surface area (Å²) in [6.07, 6.45) is 4.50. The van der Waals surface area contributed by atoms with E-state index < -0.39 is 0 Å². The average molecular weight is 144 g/mol. The Labute approximate surface area is 62.4 Å². The number of rotatable bonds is 4. The van der Waals surface area contributed by atoms with Crippen molar-refractivity contribution in [3.05, 3.63) is 0 Å². The largest absolute Gasteiger partial charge is 0.159 e. The molecule has 0 nitrogen and oxygen atoms in total. The maximum absolute atomic E-state index is 2.28. The van der Waals surface area contributed by atoms with Gasteiger partial charge in [0.05, 0.1) is 0 Å². The fourth-order valence-corrected chi connectivity index (χ4v) is 1.82. The van der Waals surface area contributed by atoms with E-state index in [1.807, 2.05) is 0 Å². The molecular weight excluding hydrogens is 128 g/mol. The Bertz CT molecular complexity index is 72.6. The molecule has 0 aromatic rings. The van der Waals surface area contributed by atoms with Gasteiger partial charge in [0.1, 0.15) is 0 Å². The quantitative estimate of drug-likeness (QED) is 0.584. The number of hydrogen-bond donors (Lipinski definition) is 0. The SMILES string of the molecule is CC(C)SCCC1CC1. The highest BCUT2D eigenvalue weighted by Crippen LogP contribution is 2.33.